The van der Waals surface area contributed by atoms with Gasteiger partial charge in [0.1, 0.15) is 12.4 Å². The fourth-order valence-corrected chi connectivity index (χ4v) is 4.12. The van der Waals surface area contributed by atoms with Gasteiger partial charge in [0.2, 0.25) is 6.10 Å². The van der Waals surface area contributed by atoms with Gasteiger partial charge in [-0.05, 0) is 60.5 Å². The summed E-state index contributed by atoms with van der Waals surface area (Å²) in [5.74, 6) is -0.284. The van der Waals surface area contributed by atoms with Crippen LogP contribution >= 0.6 is 11.8 Å². The highest BCUT2D eigenvalue weighted by Gasteiger charge is 2.34. The maximum atomic E-state index is 12.8. The van der Waals surface area contributed by atoms with Gasteiger partial charge in [0.15, 0.2) is 0 Å². The molecule has 31 heavy (non-hydrogen) atoms. The largest absolute Gasteiger partial charge is 0.477 e. The fourth-order valence-electron chi connectivity index (χ4n) is 3.44. The van der Waals surface area contributed by atoms with Crippen molar-refractivity contribution in [1.29, 1.82) is 0 Å². The Morgan fingerprint density at radius 2 is 1.90 bits per heavy atom. The molecule has 0 aliphatic carbocycles. The van der Waals surface area contributed by atoms with Crippen LogP contribution in [0, 0.1) is 0 Å². The second-order valence-corrected chi connectivity index (χ2v) is 8.27. The van der Waals surface area contributed by atoms with Gasteiger partial charge in [-0.25, -0.2) is 4.79 Å². The van der Waals surface area contributed by atoms with E-state index in [1.165, 1.54) is 0 Å². The number of carbonyl (C=O) groups is 3. The molecule has 0 radical (unpaired) electrons. The maximum Gasteiger partial charge on any atom is 0.349 e. The SMILES string of the molecule is O=C1NC(=O)C(=Cc2ccc(OC(C(=O)OCc3ccccc3)[C@@H]3CCCN3)cc2)S1. The van der Waals surface area contributed by atoms with E-state index in [-0.39, 0.29) is 17.9 Å². The average Bonchev–Trinajstić information content (AvgIpc) is 3.42. The van der Waals surface area contributed by atoms with Crippen LogP contribution in [0.15, 0.2) is 59.5 Å². The van der Waals surface area contributed by atoms with E-state index in [0.717, 1.165) is 42.3 Å². The Hall–Kier alpha value is -3.10. The van der Waals surface area contributed by atoms with Gasteiger partial charge in [0.05, 0.1) is 10.9 Å². The highest BCUT2D eigenvalue weighted by molar-refractivity contribution is 8.18. The van der Waals surface area contributed by atoms with Crippen molar-refractivity contribution in [2.45, 2.75) is 31.6 Å². The van der Waals surface area contributed by atoms with Crippen LogP contribution < -0.4 is 15.4 Å². The second kappa shape index (κ2) is 9.80. The number of esters is 1. The summed E-state index contributed by atoms with van der Waals surface area (Å²) in [6.07, 6.45) is 2.68. The minimum absolute atomic E-state index is 0.116. The molecule has 2 heterocycles. The number of amides is 2. The lowest BCUT2D eigenvalue weighted by atomic mass is 10.1. The van der Waals surface area contributed by atoms with E-state index >= 15 is 0 Å². The molecule has 2 aliphatic heterocycles. The lowest BCUT2D eigenvalue weighted by Gasteiger charge is -2.23. The molecule has 2 atom stereocenters. The van der Waals surface area contributed by atoms with Crippen molar-refractivity contribution in [3.05, 3.63) is 70.6 Å². The van der Waals surface area contributed by atoms with Crippen molar-refractivity contribution in [1.82, 2.24) is 10.6 Å². The number of rotatable bonds is 7. The summed E-state index contributed by atoms with van der Waals surface area (Å²) >= 11 is 0.868. The van der Waals surface area contributed by atoms with E-state index < -0.39 is 18.0 Å². The first-order chi connectivity index (χ1) is 15.1. The predicted octanol–water partition coefficient (Wildman–Crippen LogP) is 3.25. The molecule has 2 saturated heterocycles. The van der Waals surface area contributed by atoms with Gasteiger partial charge >= 0.3 is 5.97 Å². The molecule has 2 aromatic rings. The maximum absolute atomic E-state index is 12.8. The first-order valence-electron chi connectivity index (χ1n) is 10.0. The van der Waals surface area contributed by atoms with Crippen LogP contribution in [-0.4, -0.2) is 35.8 Å². The van der Waals surface area contributed by atoms with Crippen molar-refractivity contribution in [2.24, 2.45) is 0 Å². The number of hydrogen-bond acceptors (Lipinski definition) is 7. The molecule has 2 aliphatic rings. The van der Waals surface area contributed by atoms with Crippen molar-refractivity contribution in [3.8, 4) is 5.75 Å². The third-order valence-corrected chi connectivity index (χ3v) is 5.81. The van der Waals surface area contributed by atoms with Crippen LogP contribution in [0.2, 0.25) is 0 Å². The quantitative estimate of drug-likeness (QED) is 0.506. The topological polar surface area (TPSA) is 93.7 Å². The highest BCUT2D eigenvalue weighted by Crippen LogP contribution is 2.26. The number of imide groups is 1. The van der Waals surface area contributed by atoms with E-state index in [0.29, 0.717) is 10.7 Å². The average molecular weight is 439 g/mol. The van der Waals surface area contributed by atoms with E-state index in [2.05, 4.69) is 10.6 Å². The predicted molar refractivity (Wildman–Crippen MR) is 117 cm³/mol. The Balaban J connectivity index is 1.43. The molecule has 7 nitrogen and oxygen atoms in total. The monoisotopic (exact) mass is 438 g/mol. The summed E-state index contributed by atoms with van der Waals surface area (Å²) in [7, 11) is 0. The van der Waals surface area contributed by atoms with E-state index in [1.54, 1.807) is 30.3 Å². The van der Waals surface area contributed by atoms with Gasteiger partial charge in [0, 0.05) is 0 Å². The molecule has 2 N–H and O–H groups in total. The molecule has 2 fully saturated rings. The van der Waals surface area contributed by atoms with Gasteiger partial charge < -0.3 is 14.8 Å². The molecule has 160 valence electrons. The van der Waals surface area contributed by atoms with Crippen LogP contribution in [0.3, 0.4) is 0 Å². The Kier molecular flexibility index (Phi) is 6.69. The summed E-state index contributed by atoms with van der Waals surface area (Å²) in [5, 5.41) is 5.16. The summed E-state index contributed by atoms with van der Waals surface area (Å²) in [5.41, 5.74) is 1.67. The van der Waals surface area contributed by atoms with E-state index in [1.807, 2.05) is 30.3 Å². The zero-order valence-corrected chi connectivity index (χ0v) is 17.5. The molecule has 0 bridgehead atoms. The van der Waals surface area contributed by atoms with Gasteiger partial charge in [-0.1, -0.05) is 42.5 Å². The minimum Gasteiger partial charge on any atom is -0.477 e. The van der Waals surface area contributed by atoms with Crippen LogP contribution in [0.1, 0.15) is 24.0 Å². The molecule has 1 unspecified atom stereocenters. The van der Waals surface area contributed by atoms with Crippen molar-refractivity contribution >= 4 is 35.0 Å². The van der Waals surface area contributed by atoms with Crippen molar-refractivity contribution in [2.75, 3.05) is 6.54 Å². The minimum atomic E-state index is -0.760. The second-order valence-electron chi connectivity index (χ2n) is 7.26. The molecule has 0 saturated carbocycles. The van der Waals surface area contributed by atoms with Crippen LogP contribution in [0.25, 0.3) is 6.08 Å². The Bertz CT molecular complexity index is 985. The fraction of sp³-hybridized carbons (Fsp3) is 0.261. The third-order valence-electron chi connectivity index (χ3n) is 5.00. The number of benzene rings is 2. The summed E-state index contributed by atoms with van der Waals surface area (Å²) in [4.78, 5) is 36.1. The lowest BCUT2D eigenvalue weighted by Crippen LogP contribution is -2.45. The van der Waals surface area contributed by atoms with Gasteiger partial charge in [-0.15, -0.1) is 0 Å². The van der Waals surface area contributed by atoms with E-state index in [4.69, 9.17) is 9.47 Å². The van der Waals surface area contributed by atoms with Crippen molar-refractivity contribution < 1.29 is 23.9 Å². The smallest absolute Gasteiger partial charge is 0.349 e. The molecule has 2 amide bonds. The molecular formula is C23H22N2O5S. The van der Waals surface area contributed by atoms with E-state index in [9.17, 15) is 14.4 Å². The molecule has 4 rings (SSSR count). The Morgan fingerprint density at radius 3 is 2.55 bits per heavy atom. The standard InChI is InChI=1S/C23H22N2O5S/c26-21-19(31-23(28)25-21)13-15-8-10-17(11-9-15)30-20(18-7-4-12-24-18)22(27)29-14-16-5-2-1-3-6-16/h1-3,5-6,8-11,13,18,20,24H,4,7,12,14H2,(H,25,26,28)/t18-,20?/m0/s1. The molecular weight excluding hydrogens is 416 g/mol. The molecule has 0 spiro atoms. The molecule has 8 heteroatoms. The van der Waals surface area contributed by atoms with Crippen LogP contribution in [-0.2, 0) is 20.9 Å². The first-order valence-corrected chi connectivity index (χ1v) is 10.9. The number of thioether (sulfide) groups is 1. The zero-order valence-electron chi connectivity index (χ0n) is 16.7. The zero-order chi connectivity index (χ0) is 21.6. The highest BCUT2D eigenvalue weighted by atomic mass is 32.2. The number of ether oxygens (including phenoxy) is 2. The summed E-state index contributed by atoms with van der Waals surface area (Å²) < 4.78 is 11.5. The van der Waals surface area contributed by atoms with Crippen LogP contribution in [0.5, 0.6) is 5.75 Å². The normalized spacial score (nSPS) is 20.5. The number of nitrogens with one attached hydrogen (secondary N) is 2. The number of carbonyl (C=O) groups excluding carboxylic acids is 3. The Labute approximate surface area is 184 Å². The van der Waals surface area contributed by atoms with Crippen molar-refractivity contribution in [3.63, 3.8) is 0 Å². The Morgan fingerprint density at radius 1 is 1.13 bits per heavy atom. The number of hydrogen-bond donors (Lipinski definition) is 2. The van der Waals surface area contributed by atoms with Gasteiger partial charge in [-0.3, -0.25) is 14.9 Å². The van der Waals surface area contributed by atoms with Gasteiger partial charge in [0.25, 0.3) is 11.1 Å². The third kappa shape index (κ3) is 5.53. The van der Waals surface area contributed by atoms with Gasteiger partial charge in [-0.2, -0.15) is 0 Å². The molecule has 2 aromatic carbocycles. The molecule has 0 aromatic heterocycles. The summed E-state index contributed by atoms with van der Waals surface area (Å²) in [6.45, 7) is 1.03. The first kappa shape index (κ1) is 21.1. The summed E-state index contributed by atoms with van der Waals surface area (Å²) in [6, 6.07) is 16.4. The van der Waals surface area contributed by atoms with Crippen LogP contribution in [0.4, 0.5) is 4.79 Å². The lowest BCUT2D eigenvalue weighted by molar-refractivity contribution is -0.154.